The highest BCUT2D eigenvalue weighted by Crippen LogP contribution is 2.69. The fourth-order valence-corrected chi connectivity index (χ4v) is 12.6. The number of hydrogen-bond donors (Lipinski definition) is 0. The van der Waals surface area contributed by atoms with E-state index in [2.05, 4.69) is 158 Å². The molecule has 286 valence electrons. The molecule has 0 N–H and O–H groups in total. The van der Waals surface area contributed by atoms with Gasteiger partial charge in [-0.3, -0.25) is 0 Å². The monoisotopic (exact) mass is 769 g/mol. The van der Waals surface area contributed by atoms with Crippen molar-refractivity contribution in [2.75, 3.05) is 0 Å². The smallest absolute Gasteiger partial charge is 0.164 e. The van der Waals surface area contributed by atoms with Gasteiger partial charge in [0.05, 0.1) is 0 Å². The van der Waals surface area contributed by atoms with Gasteiger partial charge in [-0.25, -0.2) is 15.0 Å². The Morgan fingerprint density at radius 1 is 0.350 bits per heavy atom. The Balaban J connectivity index is 0.933. The quantitative estimate of drug-likeness (QED) is 0.175. The Morgan fingerprint density at radius 3 is 1.75 bits per heavy atom. The molecule has 1 heterocycles. The first-order valence-corrected chi connectivity index (χ1v) is 21.9. The van der Waals surface area contributed by atoms with Crippen LogP contribution >= 0.6 is 0 Å². The molecule has 8 aromatic carbocycles. The lowest BCUT2D eigenvalue weighted by Crippen LogP contribution is -2.55. The summed E-state index contributed by atoms with van der Waals surface area (Å²) in [6.07, 6.45) is 7.07. The Bertz CT molecular complexity index is 3150. The third-order valence-corrected chi connectivity index (χ3v) is 14.9. The number of nitrogens with zero attached hydrogens (tertiary/aromatic N) is 3. The second-order valence-corrected chi connectivity index (χ2v) is 18.0. The van der Waals surface area contributed by atoms with Crippen LogP contribution in [-0.2, 0) is 5.41 Å². The largest absolute Gasteiger partial charge is 0.208 e. The third-order valence-electron chi connectivity index (χ3n) is 14.9. The van der Waals surface area contributed by atoms with Crippen LogP contribution in [-0.4, -0.2) is 15.0 Å². The minimum Gasteiger partial charge on any atom is -0.208 e. The first-order chi connectivity index (χ1) is 29.7. The minimum atomic E-state index is 0.163. The van der Waals surface area contributed by atoms with Crippen LogP contribution in [0.1, 0.15) is 43.2 Å². The zero-order valence-electron chi connectivity index (χ0n) is 33.4. The van der Waals surface area contributed by atoms with E-state index < -0.39 is 0 Å². The van der Waals surface area contributed by atoms with Crippen LogP contribution in [0.15, 0.2) is 176 Å². The van der Waals surface area contributed by atoms with Gasteiger partial charge in [0, 0.05) is 22.1 Å². The average molecular weight is 770 g/mol. The molecule has 0 unspecified atom stereocenters. The predicted octanol–water partition coefficient (Wildman–Crippen LogP) is 14.2. The maximum absolute atomic E-state index is 5.20. The van der Waals surface area contributed by atoms with Crippen LogP contribution in [0.25, 0.3) is 89.1 Å². The van der Waals surface area contributed by atoms with Gasteiger partial charge in [0.2, 0.25) is 0 Å². The summed E-state index contributed by atoms with van der Waals surface area (Å²) >= 11 is 0. The van der Waals surface area contributed by atoms with Gasteiger partial charge < -0.3 is 0 Å². The zero-order chi connectivity index (χ0) is 39.4. The van der Waals surface area contributed by atoms with Gasteiger partial charge in [0.25, 0.3) is 0 Å². The van der Waals surface area contributed by atoms with Crippen molar-refractivity contribution in [2.45, 2.75) is 37.5 Å². The van der Waals surface area contributed by atoms with Crippen molar-refractivity contribution < 1.29 is 0 Å². The van der Waals surface area contributed by atoms with Gasteiger partial charge in [0.15, 0.2) is 17.5 Å². The van der Waals surface area contributed by atoms with Crippen LogP contribution in [0.3, 0.4) is 0 Å². The Labute approximate surface area is 350 Å². The summed E-state index contributed by atoms with van der Waals surface area (Å²) in [5, 5.41) is 5.05. The second-order valence-electron chi connectivity index (χ2n) is 18.0. The molecule has 3 nitrogen and oxygen atoms in total. The van der Waals surface area contributed by atoms with Crippen molar-refractivity contribution in [3.05, 3.63) is 187 Å². The molecule has 0 saturated heterocycles. The maximum Gasteiger partial charge on any atom is 0.164 e. The van der Waals surface area contributed by atoms with Gasteiger partial charge in [-0.1, -0.05) is 158 Å². The van der Waals surface area contributed by atoms with Gasteiger partial charge in [-0.2, -0.15) is 0 Å². The number of benzene rings is 8. The Morgan fingerprint density at radius 2 is 0.933 bits per heavy atom. The molecule has 1 aromatic heterocycles. The fraction of sp³-hybridized carbons (Fsp3) is 0.175. The summed E-state index contributed by atoms with van der Waals surface area (Å²) in [6, 6.07) is 64.3. The second kappa shape index (κ2) is 13.1. The highest BCUT2D eigenvalue weighted by Gasteiger charge is 2.61. The van der Waals surface area contributed by atoms with E-state index >= 15 is 0 Å². The first kappa shape index (κ1) is 34.2. The molecular formula is C57H43N3. The molecule has 0 radical (unpaired) electrons. The minimum absolute atomic E-state index is 0.163. The van der Waals surface area contributed by atoms with Crippen molar-refractivity contribution in [3.63, 3.8) is 0 Å². The summed E-state index contributed by atoms with van der Waals surface area (Å²) in [6.45, 7) is 0. The van der Waals surface area contributed by atoms with Crippen LogP contribution in [0.5, 0.6) is 0 Å². The molecule has 0 amide bonds. The Hall–Kier alpha value is -6.71. The molecule has 14 rings (SSSR count). The van der Waals surface area contributed by atoms with E-state index in [0.29, 0.717) is 17.5 Å². The van der Waals surface area contributed by atoms with E-state index in [4.69, 9.17) is 15.0 Å². The molecule has 0 aliphatic heterocycles. The van der Waals surface area contributed by atoms with Crippen molar-refractivity contribution in [3.8, 4) is 67.5 Å². The fourth-order valence-electron chi connectivity index (χ4n) is 12.6. The van der Waals surface area contributed by atoms with Crippen LogP contribution in [0, 0.1) is 23.7 Å². The number of aromatic nitrogens is 3. The molecule has 0 atom stereocenters. The lowest BCUT2D eigenvalue weighted by atomic mass is 9.43. The molecule has 60 heavy (non-hydrogen) atoms. The molecule has 5 aliphatic carbocycles. The molecule has 4 saturated carbocycles. The van der Waals surface area contributed by atoms with Gasteiger partial charge in [-0.05, 0) is 140 Å². The van der Waals surface area contributed by atoms with E-state index in [9.17, 15) is 0 Å². The molecular weight excluding hydrogens is 727 g/mol. The molecule has 4 bridgehead atoms. The standard InChI is InChI=1S/C57H43N3/c1-2-12-39(13-3-1)54-58-55(44-24-21-37-11-4-5-14-40(37)33-44)60-56(59-54)48-18-7-6-17-47(48)43-16-10-15-41(32-43)42-23-22-38-25-26-52-53(50(38)34-42)49-19-8-9-20-51(49)57(52)45-28-35-27-36(30-45)31-46(57)29-35/h1-26,32-36,45-46H,27-31H2. The van der Waals surface area contributed by atoms with Crippen molar-refractivity contribution in [2.24, 2.45) is 23.7 Å². The van der Waals surface area contributed by atoms with E-state index in [-0.39, 0.29) is 5.41 Å². The summed E-state index contributed by atoms with van der Waals surface area (Å²) < 4.78 is 0. The summed E-state index contributed by atoms with van der Waals surface area (Å²) in [5.41, 5.74) is 13.9. The summed E-state index contributed by atoms with van der Waals surface area (Å²) in [5.74, 6) is 5.35. The lowest BCUT2D eigenvalue weighted by molar-refractivity contribution is -0.0399. The lowest BCUT2D eigenvalue weighted by Gasteiger charge is -2.61. The number of hydrogen-bond acceptors (Lipinski definition) is 3. The SMILES string of the molecule is c1ccc(-c2nc(-c3ccc4ccccc4c3)nc(-c3ccccc3-c3cccc(-c4ccc5ccc6c(c5c4)-c4ccccc4C64C5CC6CC(C5)CC4C6)c3)n2)cc1. The van der Waals surface area contributed by atoms with E-state index in [1.54, 1.807) is 11.1 Å². The normalized spacial score (nSPS) is 22.1. The van der Waals surface area contributed by atoms with Crippen molar-refractivity contribution in [1.82, 2.24) is 15.0 Å². The highest BCUT2D eigenvalue weighted by molar-refractivity contribution is 6.04. The van der Waals surface area contributed by atoms with E-state index in [1.165, 1.54) is 70.5 Å². The highest BCUT2D eigenvalue weighted by atomic mass is 15.0. The first-order valence-electron chi connectivity index (χ1n) is 21.9. The molecule has 1 spiro atoms. The van der Waals surface area contributed by atoms with Crippen LogP contribution in [0.2, 0.25) is 0 Å². The number of rotatable bonds is 5. The third kappa shape index (κ3) is 5.11. The topological polar surface area (TPSA) is 38.7 Å². The number of fused-ring (bicyclic) bond motifs is 6. The van der Waals surface area contributed by atoms with Crippen LogP contribution in [0.4, 0.5) is 0 Å². The zero-order valence-corrected chi connectivity index (χ0v) is 33.4. The average Bonchev–Trinajstić information content (AvgIpc) is 3.61. The van der Waals surface area contributed by atoms with Crippen molar-refractivity contribution >= 4 is 21.5 Å². The van der Waals surface area contributed by atoms with E-state index in [1.807, 2.05) is 18.2 Å². The molecule has 9 aromatic rings. The van der Waals surface area contributed by atoms with Gasteiger partial charge in [-0.15, -0.1) is 0 Å². The predicted molar refractivity (Wildman–Crippen MR) is 245 cm³/mol. The molecule has 4 fully saturated rings. The van der Waals surface area contributed by atoms with Crippen LogP contribution < -0.4 is 0 Å². The Kier molecular flexibility index (Phi) is 7.49. The van der Waals surface area contributed by atoms with E-state index in [0.717, 1.165) is 56.9 Å². The maximum atomic E-state index is 5.20. The van der Waals surface area contributed by atoms with Gasteiger partial charge >= 0.3 is 0 Å². The summed E-state index contributed by atoms with van der Waals surface area (Å²) in [4.78, 5) is 15.4. The van der Waals surface area contributed by atoms with Crippen molar-refractivity contribution in [1.29, 1.82) is 0 Å². The molecule has 3 heteroatoms. The molecule has 5 aliphatic rings. The summed E-state index contributed by atoms with van der Waals surface area (Å²) in [7, 11) is 0. The van der Waals surface area contributed by atoms with Gasteiger partial charge in [0.1, 0.15) is 0 Å².